The number of benzene rings is 3. The molecule has 0 radical (unpaired) electrons. The summed E-state index contributed by atoms with van der Waals surface area (Å²) in [5.74, 6) is -1.51. The highest BCUT2D eigenvalue weighted by molar-refractivity contribution is 6.00. The lowest BCUT2D eigenvalue weighted by Crippen LogP contribution is -2.33. The van der Waals surface area contributed by atoms with Crippen molar-refractivity contribution in [3.63, 3.8) is 0 Å². The molecule has 9 N–H and O–H groups in total. The summed E-state index contributed by atoms with van der Waals surface area (Å²) < 4.78 is 373. The zero-order valence-corrected chi connectivity index (χ0v) is 47.2. The summed E-state index contributed by atoms with van der Waals surface area (Å²) in [6.45, 7) is 11.6. The Balaban J connectivity index is -0.0000000540. The monoisotopic (exact) mass is 1290 g/mol. The molecule has 0 aliphatic rings. The third-order valence-electron chi connectivity index (χ3n) is 12.3. The number of aromatic carboxylic acids is 1. The molecule has 6 aromatic rings. The number of alkyl carbamates (subject to hydrolysis) is 1. The molecule has 0 aliphatic heterocycles. The van der Waals surface area contributed by atoms with Gasteiger partial charge in [-0.25, -0.2) is 24.5 Å². The third-order valence-corrected chi connectivity index (χ3v) is 12.3. The minimum Gasteiger partial charge on any atom is -0.478 e. The largest absolute Gasteiger partial charge is 0.478 e. The Morgan fingerprint density at radius 2 is 0.810 bits per heavy atom. The second kappa shape index (κ2) is 31.8. The van der Waals surface area contributed by atoms with Gasteiger partial charge in [0, 0.05) is 131 Å². The number of hydrogen-bond acceptors (Lipinski definition) is 12. The maximum atomic E-state index is 13.2. The highest BCUT2D eigenvalue weighted by Gasteiger charge is 2.35. The number of halogens is 9. The predicted molar refractivity (Wildman–Crippen MR) is 358 cm³/mol. The number of nitrogens with two attached hydrogens (primary N) is 1. The fraction of sp³-hybridized carbons (Fsp3) is 0.373. The summed E-state index contributed by atoms with van der Waals surface area (Å²) in [6, 6.07) is 20.5. The molecule has 6 rings (SSSR count). The highest BCUT2D eigenvalue weighted by atomic mass is 19.4. The van der Waals surface area contributed by atoms with E-state index >= 15 is 0 Å². The molecule has 0 spiro atoms. The van der Waals surface area contributed by atoms with Crippen molar-refractivity contribution in [1.29, 1.82) is 0 Å². The van der Waals surface area contributed by atoms with Crippen molar-refractivity contribution in [1.82, 2.24) is 30.9 Å². The van der Waals surface area contributed by atoms with Gasteiger partial charge >= 0.3 is 30.6 Å². The first-order valence-electron chi connectivity index (χ1n) is 51.7. The molecular weight excluding hydrogens is 1120 g/mol. The van der Waals surface area contributed by atoms with E-state index < -0.39 is 52.9 Å². The number of pyridine rings is 3. The average Bonchev–Trinajstić information content (AvgIpc) is 0.817. The lowest BCUT2D eigenvalue weighted by molar-refractivity contribution is -0.138. The van der Waals surface area contributed by atoms with Gasteiger partial charge in [-0.15, -0.1) is 0 Å². The Morgan fingerprint density at radius 3 is 1.13 bits per heavy atom. The molecule has 3 amide bonds. The van der Waals surface area contributed by atoms with Crippen LogP contribution >= 0.6 is 0 Å². The maximum Gasteiger partial charge on any atom is 0.416 e. The molecule has 25 heteroatoms. The summed E-state index contributed by atoms with van der Waals surface area (Å²) in [5, 5.41) is 25.8. The number of ether oxygens (including phenoxy) is 1. The Kier molecular flexibility index (Phi) is 14.8. The van der Waals surface area contributed by atoms with Crippen molar-refractivity contribution in [3.05, 3.63) is 160 Å². The van der Waals surface area contributed by atoms with Gasteiger partial charge in [0.05, 0.1) is 27.8 Å². The fourth-order valence-electron chi connectivity index (χ4n) is 8.00. The summed E-state index contributed by atoms with van der Waals surface area (Å²) in [7, 11) is 0. The molecular formula is C59H121F9N10O6. The number of anilines is 6. The Morgan fingerprint density at radius 1 is 0.488 bits per heavy atom. The number of nitrogens with one attached hydrogen (secondary N) is 6. The standard InChI is InChI=1S/C25H33F3N4O3.C20H25F3N4O.C14H11F3N2O2.26H2/c1-17-19(25(26,27)28)12-9-13-20(17)32-21-18(11-10-16-29-21)22(33)30-14-7-5-6-8-15-31-23(34)35-24(2,3)4;1-14-16(20(21,22)23)9-6-10-17(14)27-18-15(8-7-13-25-18)19(28)26-12-5-3-2-4-11-24;1-8-10(14(15,16)17)5-2-6-11(8)19-12-9(13(20)21)4-3-7-18-12;;;;;;;;;;;;;;;;;;;;;;;;;;/h9-13,16H,5-8,14-15H2,1-4H3,(H,29,32)(H,30,33)(H,31,34);6-10,13H,2-5,11-12,24H2,1H3,(H,25,27)(H,26,28);2-7H,1H3,(H,18,19)(H,20,21);26*1H/i;;;25*1+1D;1+1. The molecule has 16 nitrogen and oxygen atoms in total. The van der Waals surface area contributed by atoms with E-state index in [1.165, 1.54) is 87.9 Å². The topological polar surface area (TPSA) is 235 Å². The molecule has 0 saturated carbocycles. The number of hydrogen-bond donors (Lipinski definition) is 8. The number of alkyl halides is 9. The van der Waals surface area contributed by atoms with Crippen LogP contribution in [0.15, 0.2) is 110 Å². The molecule has 0 unspecified atom stereocenters. The highest BCUT2D eigenvalue weighted by Crippen LogP contribution is 2.38. The van der Waals surface area contributed by atoms with Gasteiger partial charge in [-0.3, -0.25) is 9.59 Å². The van der Waals surface area contributed by atoms with Crippen LogP contribution in [-0.4, -0.2) is 75.7 Å². The van der Waals surface area contributed by atoms with E-state index in [1.807, 2.05) is 0 Å². The van der Waals surface area contributed by atoms with Crippen LogP contribution in [0.4, 0.5) is 78.8 Å². The van der Waals surface area contributed by atoms with E-state index in [4.69, 9.17) is 89.8 Å². The second-order valence-electron chi connectivity index (χ2n) is 19.9. The number of unbranched alkanes of at least 4 members (excludes halogenated alkanes) is 6. The molecule has 0 aliphatic carbocycles. The first kappa shape index (κ1) is 39.1. The fourth-order valence-corrected chi connectivity index (χ4v) is 8.00. The zero-order valence-electron chi connectivity index (χ0n) is 97.2. The summed E-state index contributed by atoms with van der Waals surface area (Å²) in [4.78, 5) is 59.9. The van der Waals surface area contributed by atoms with Crippen molar-refractivity contribution in [3.8, 4) is 0 Å². The summed E-state index contributed by atoms with van der Waals surface area (Å²) >= 11 is 0. The van der Waals surface area contributed by atoms with Crippen molar-refractivity contribution in [2.24, 2.45) is 5.73 Å². The number of rotatable bonds is 22. The van der Waals surface area contributed by atoms with Crippen molar-refractivity contribution < 1.29 is 144 Å². The van der Waals surface area contributed by atoms with E-state index in [-0.39, 0.29) is 81.1 Å². The second-order valence-corrected chi connectivity index (χ2v) is 19.9. The van der Waals surface area contributed by atoms with Gasteiger partial charge in [0.15, 0.2) is 0 Å². The van der Waals surface area contributed by atoms with Crippen LogP contribution in [-0.2, 0) is 23.3 Å². The lowest BCUT2D eigenvalue weighted by atomic mass is 10.1. The normalized spacial score (nSPS) is 13.8. The van der Waals surface area contributed by atoms with Gasteiger partial charge in [0.25, 0.3) is 11.8 Å². The van der Waals surface area contributed by atoms with Crippen molar-refractivity contribution in [2.75, 3.05) is 42.1 Å². The molecule has 0 saturated heterocycles. The smallest absolute Gasteiger partial charge is 0.416 e. The number of nitrogens with zero attached hydrogens (tertiary/aromatic N) is 3. The molecule has 0 fully saturated rings. The predicted octanol–water partition coefficient (Wildman–Crippen LogP) is 20.6. The van der Waals surface area contributed by atoms with Gasteiger partial charge in [-0.1, -0.05) is 43.9 Å². The Hall–Kier alpha value is -8.48. The summed E-state index contributed by atoms with van der Waals surface area (Å²) in [6.07, 6.45) is -2.48. The minimum atomic E-state index is -4.47. The summed E-state index contributed by atoms with van der Waals surface area (Å²) in [5.41, 5.74) is 3.77. The van der Waals surface area contributed by atoms with Crippen LogP contribution in [0.5, 0.6) is 0 Å². The van der Waals surface area contributed by atoms with E-state index in [0.717, 1.165) is 69.6 Å². The average molecular weight is 1290 g/mol. The van der Waals surface area contributed by atoms with Crippen LogP contribution in [0, 0.1) is 20.8 Å². The molecule has 3 aromatic heterocycles. The number of amides is 3. The van der Waals surface area contributed by atoms with Crippen LogP contribution in [0.25, 0.3) is 0 Å². The number of carboxylic acid groups (broad SMARTS) is 1. The van der Waals surface area contributed by atoms with E-state index in [9.17, 15) is 58.7 Å². The van der Waals surface area contributed by atoms with Gasteiger partial charge in [-0.05, 0) is 163 Å². The SMILES string of the molecule is Cc1c(Nc2ncccc2C(=O)NCCCCCCN)cccc1C(F)(F)F.Cc1c(Nc2ncccc2C(=O)NCCCCCCNC(=O)OC(C)(C)C)cccc1C(F)(F)F.Cc1c(Nc2ncccc2C(=O)O)cccc1C(F)(F)F.[2HH].[2H][2H].[2H][2H].[2H][2H].[2H][2H].[2H][2H].[2H][2H].[2H][2H].[2H][2H].[2H][2H].[2H][2H].[2H][2H].[2H][2H].[2H][2H].[2H][2H].[2H][2H].[2H][2H].[2H][2H].[2H][2H].[2H][2H].[2H][2H].[2H][2H].[2H][2H].[2H][2H].[2H][2H].[2H][2H]. The molecule has 3 heterocycles. The van der Waals surface area contributed by atoms with Gasteiger partial charge in [-0.2, -0.15) is 39.5 Å². The first-order valence-corrected chi connectivity index (χ1v) is 26.7. The number of aromatic nitrogens is 3. The zero-order chi connectivity index (χ0) is 112. The maximum absolute atomic E-state index is 13.2. The quantitative estimate of drug-likeness (QED) is 0.0234. The molecule has 84 heavy (non-hydrogen) atoms. The van der Waals surface area contributed by atoms with E-state index in [1.54, 1.807) is 45.0 Å². The number of carboxylic acids is 1. The van der Waals surface area contributed by atoms with Crippen molar-refractivity contribution >= 4 is 58.4 Å². The van der Waals surface area contributed by atoms with E-state index in [0.29, 0.717) is 26.2 Å². The van der Waals surface area contributed by atoms with Crippen molar-refractivity contribution in [2.45, 2.75) is 117 Å². The number of carbonyl (C=O) groups excluding carboxylic acids is 3. The Labute approximate surface area is 559 Å². The van der Waals surface area contributed by atoms with Crippen LogP contribution in [0.1, 0.15) is 212 Å². The lowest BCUT2D eigenvalue weighted by Gasteiger charge is -2.19. The third kappa shape index (κ3) is 22.0. The van der Waals surface area contributed by atoms with Gasteiger partial charge in [0.2, 0.25) is 0 Å². The van der Waals surface area contributed by atoms with Crippen LogP contribution in [0.3, 0.4) is 0 Å². The van der Waals surface area contributed by atoms with Gasteiger partial charge < -0.3 is 47.5 Å². The molecule has 0 bridgehead atoms. The molecule has 3 aromatic carbocycles. The number of carbonyl (C=O) groups is 4. The van der Waals surface area contributed by atoms with Crippen LogP contribution in [0.2, 0.25) is 0 Å². The van der Waals surface area contributed by atoms with E-state index in [2.05, 4.69) is 46.9 Å². The minimum absolute atomic E-state index is 0. The molecule has 506 valence electrons. The van der Waals surface area contributed by atoms with Crippen LogP contribution < -0.4 is 37.6 Å². The molecule has 0 atom stereocenters. The van der Waals surface area contributed by atoms with Gasteiger partial charge in [0.1, 0.15) is 28.6 Å². The Bertz CT molecular complexity index is 3260. The first-order chi connectivity index (χ1) is 64.5.